The summed E-state index contributed by atoms with van der Waals surface area (Å²) in [6.45, 7) is 2.16. The molecule has 0 unspecified atom stereocenters. The predicted octanol–water partition coefficient (Wildman–Crippen LogP) is 2.01. The van der Waals surface area contributed by atoms with Gasteiger partial charge in [0, 0.05) is 4.47 Å². The monoisotopic (exact) mass is 243 g/mol. The zero-order chi connectivity index (χ0) is 9.84. The van der Waals surface area contributed by atoms with Gasteiger partial charge in [-0.15, -0.1) is 0 Å². The van der Waals surface area contributed by atoms with Gasteiger partial charge in [0.25, 0.3) is 0 Å². The molecule has 0 spiro atoms. The first kappa shape index (κ1) is 10.7. The van der Waals surface area contributed by atoms with E-state index in [4.69, 9.17) is 5.11 Å². The van der Waals surface area contributed by atoms with E-state index in [1.54, 1.807) is 0 Å². The second-order valence-electron chi connectivity index (χ2n) is 3.09. The van der Waals surface area contributed by atoms with Crippen molar-refractivity contribution < 1.29 is 5.11 Å². The van der Waals surface area contributed by atoms with Gasteiger partial charge in [0.05, 0.1) is 12.6 Å². The van der Waals surface area contributed by atoms with Crippen LogP contribution in [-0.4, -0.2) is 18.8 Å². The lowest BCUT2D eigenvalue weighted by Gasteiger charge is -2.14. The van der Waals surface area contributed by atoms with Crippen molar-refractivity contribution in [3.63, 3.8) is 0 Å². The number of aliphatic hydroxyl groups excluding tert-OH is 1. The molecular weight excluding hydrogens is 230 g/mol. The number of rotatable bonds is 3. The quantitative estimate of drug-likeness (QED) is 0.852. The minimum absolute atomic E-state index is 0.0243. The lowest BCUT2D eigenvalue weighted by Crippen LogP contribution is -2.19. The van der Waals surface area contributed by atoms with Crippen LogP contribution in [0.15, 0.2) is 22.7 Å². The van der Waals surface area contributed by atoms with Gasteiger partial charge >= 0.3 is 0 Å². The number of hydrogen-bond acceptors (Lipinski definition) is 2. The lowest BCUT2D eigenvalue weighted by molar-refractivity contribution is 0.251. The fourth-order valence-corrected chi connectivity index (χ4v) is 1.95. The lowest BCUT2D eigenvalue weighted by atomic mass is 10.1. The number of aliphatic hydroxyl groups is 1. The van der Waals surface area contributed by atoms with Crippen molar-refractivity contribution in [3.05, 3.63) is 33.8 Å². The number of halogens is 1. The van der Waals surface area contributed by atoms with Crippen LogP contribution in [0.5, 0.6) is 0 Å². The van der Waals surface area contributed by atoms with E-state index >= 15 is 0 Å². The smallest absolute Gasteiger partial charge is 0.0626 e. The first-order valence-corrected chi connectivity index (χ1v) is 5.02. The fraction of sp³-hybridized carbons (Fsp3) is 0.400. The molecule has 3 heteroatoms. The van der Waals surface area contributed by atoms with Gasteiger partial charge in [-0.1, -0.05) is 22.0 Å². The summed E-state index contributed by atoms with van der Waals surface area (Å²) >= 11 is 3.43. The molecular formula is C10H14BrNO. The van der Waals surface area contributed by atoms with E-state index in [9.17, 15) is 0 Å². The van der Waals surface area contributed by atoms with E-state index in [1.165, 1.54) is 5.56 Å². The first-order valence-electron chi connectivity index (χ1n) is 4.22. The summed E-state index contributed by atoms with van der Waals surface area (Å²) < 4.78 is 1.05. The zero-order valence-corrected chi connectivity index (χ0v) is 9.43. The van der Waals surface area contributed by atoms with Gasteiger partial charge in [0.2, 0.25) is 0 Å². The van der Waals surface area contributed by atoms with Crippen LogP contribution in [0.3, 0.4) is 0 Å². The number of benzene rings is 1. The van der Waals surface area contributed by atoms with Gasteiger partial charge in [-0.05, 0) is 37.2 Å². The molecule has 72 valence electrons. The Balaban J connectivity index is 2.99. The van der Waals surface area contributed by atoms with Crippen LogP contribution < -0.4 is 5.32 Å². The maximum absolute atomic E-state index is 9.08. The van der Waals surface area contributed by atoms with Crippen molar-refractivity contribution in [2.45, 2.75) is 13.0 Å². The van der Waals surface area contributed by atoms with Gasteiger partial charge in [-0.3, -0.25) is 0 Å². The van der Waals surface area contributed by atoms with Crippen molar-refractivity contribution in [2.75, 3.05) is 13.7 Å². The van der Waals surface area contributed by atoms with Gasteiger partial charge in [0.15, 0.2) is 0 Å². The fourth-order valence-electron chi connectivity index (χ4n) is 1.33. The number of likely N-dealkylation sites (N-methyl/N-ethyl adjacent to an activating group) is 1. The van der Waals surface area contributed by atoms with E-state index in [1.807, 2.05) is 26.1 Å². The zero-order valence-electron chi connectivity index (χ0n) is 7.84. The Morgan fingerprint density at radius 1 is 1.46 bits per heavy atom. The molecule has 0 heterocycles. The molecule has 0 aromatic heterocycles. The second kappa shape index (κ2) is 4.74. The summed E-state index contributed by atoms with van der Waals surface area (Å²) in [5.41, 5.74) is 2.30. The molecule has 0 fully saturated rings. The van der Waals surface area contributed by atoms with E-state index in [0.29, 0.717) is 0 Å². The van der Waals surface area contributed by atoms with Gasteiger partial charge in [-0.2, -0.15) is 0 Å². The summed E-state index contributed by atoms with van der Waals surface area (Å²) in [6, 6.07) is 6.16. The Labute approximate surface area is 87.1 Å². The maximum Gasteiger partial charge on any atom is 0.0626 e. The van der Waals surface area contributed by atoms with Gasteiger partial charge in [0.1, 0.15) is 0 Å². The molecule has 1 aromatic rings. The Hall–Kier alpha value is -0.380. The Kier molecular flexibility index (Phi) is 3.90. The molecule has 2 nitrogen and oxygen atoms in total. The summed E-state index contributed by atoms with van der Waals surface area (Å²) in [4.78, 5) is 0. The van der Waals surface area contributed by atoms with Crippen LogP contribution in [0.25, 0.3) is 0 Å². The van der Waals surface area contributed by atoms with Crippen molar-refractivity contribution >= 4 is 15.9 Å². The number of nitrogens with one attached hydrogen (secondary N) is 1. The summed E-state index contributed by atoms with van der Waals surface area (Å²) in [6.07, 6.45) is 0. The van der Waals surface area contributed by atoms with Crippen molar-refractivity contribution in [1.82, 2.24) is 5.32 Å². The highest BCUT2D eigenvalue weighted by Gasteiger charge is 2.07. The topological polar surface area (TPSA) is 32.3 Å². The molecule has 0 amide bonds. The molecule has 0 aliphatic heterocycles. The Morgan fingerprint density at radius 3 is 2.62 bits per heavy atom. The molecule has 0 saturated carbocycles. The SMILES string of the molecule is CN[C@H](CO)c1cc(C)cc(Br)c1. The third-order valence-corrected chi connectivity index (χ3v) is 2.46. The normalized spacial score (nSPS) is 12.9. The van der Waals surface area contributed by atoms with Gasteiger partial charge < -0.3 is 10.4 Å². The standard InChI is InChI=1S/C10H14BrNO/c1-7-3-8(5-9(11)4-7)10(6-13)12-2/h3-5,10,12-13H,6H2,1-2H3/t10-/m1/s1. The summed E-state index contributed by atoms with van der Waals surface area (Å²) in [5, 5.41) is 12.1. The highest BCUT2D eigenvalue weighted by atomic mass is 79.9. The Morgan fingerprint density at radius 2 is 2.15 bits per heavy atom. The van der Waals surface area contributed by atoms with Crippen LogP contribution >= 0.6 is 15.9 Å². The predicted molar refractivity (Wildman–Crippen MR) is 57.8 cm³/mol. The van der Waals surface area contributed by atoms with Crippen LogP contribution in [0, 0.1) is 6.92 Å². The molecule has 1 atom stereocenters. The maximum atomic E-state index is 9.08. The third-order valence-electron chi connectivity index (χ3n) is 2.00. The van der Waals surface area contributed by atoms with Crippen molar-refractivity contribution in [1.29, 1.82) is 0 Å². The highest BCUT2D eigenvalue weighted by molar-refractivity contribution is 9.10. The molecule has 0 bridgehead atoms. The van der Waals surface area contributed by atoms with Crippen LogP contribution in [0.2, 0.25) is 0 Å². The van der Waals surface area contributed by atoms with E-state index < -0.39 is 0 Å². The highest BCUT2D eigenvalue weighted by Crippen LogP contribution is 2.20. The molecule has 1 aromatic carbocycles. The van der Waals surface area contributed by atoms with E-state index in [0.717, 1.165) is 10.0 Å². The second-order valence-corrected chi connectivity index (χ2v) is 4.00. The average Bonchev–Trinajstić information content (AvgIpc) is 2.04. The van der Waals surface area contributed by atoms with E-state index in [-0.39, 0.29) is 12.6 Å². The molecule has 2 N–H and O–H groups in total. The third kappa shape index (κ3) is 2.79. The Bertz CT molecular complexity index is 264. The van der Waals surface area contributed by atoms with Crippen LogP contribution in [-0.2, 0) is 0 Å². The van der Waals surface area contributed by atoms with Crippen LogP contribution in [0.4, 0.5) is 0 Å². The van der Waals surface area contributed by atoms with Crippen molar-refractivity contribution in [3.8, 4) is 0 Å². The minimum atomic E-state index is 0.0243. The molecule has 1 rings (SSSR count). The summed E-state index contributed by atoms with van der Waals surface area (Å²) in [5.74, 6) is 0. The van der Waals surface area contributed by atoms with Gasteiger partial charge in [-0.25, -0.2) is 0 Å². The summed E-state index contributed by atoms with van der Waals surface area (Å²) in [7, 11) is 1.84. The molecule has 0 radical (unpaired) electrons. The molecule has 0 aliphatic carbocycles. The average molecular weight is 244 g/mol. The number of aryl methyl sites for hydroxylation is 1. The van der Waals surface area contributed by atoms with E-state index in [2.05, 4.69) is 27.3 Å². The molecule has 0 aliphatic rings. The largest absolute Gasteiger partial charge is 0.394 e. The number of hydrogen-bond donors (Lipinski definition) is 2. The molecule has 13 heavy (non-hydrogen) atoms. The molecule has 0 saturated heterocycles. The minimum Gasteiger partial charge on any atom is -0.394 e. The van der Waals surface area contributed by atoms with Crippen LogP contribution in [0.1, 0.15) is 17.2 Å². The first-order chi connectivity index (χ1) is 6.17. The van der Waals surface area contributed by atoms with Crippen molar-refractivity contribution in [2.24, 2.45) is 0 Å².